The molecule has 0 saturated carbocycles. The SMILES string of the molecule is Cc1ccc(OCc2ccc(C(=O)NCC3(N4CCOCC4)CCSC3)o2)c(C)c1. The van der Waals surface area contributed by atoms with Crippen molar-refractivity contribution in [1.29, 1.82) is 0 Å². The molecule has 1 aromatic carbocycles. The van der Waals surface area contributed by atoms with Crippen LogP contribution in [0.1, 0.15) is 33.9 Å². The summed E-state index contributed by atoms with van der Waals surface area (Å²) in [6, 6.07) is 9.60. The molecule has 4 rings (SSSR count). The Kier molecular flexibility index (Phi) is 6.71. The van der Waals surface area contributed by atoms with E-state index in [4.69, 9.17) is 13.9 Å². The van der Waals surface area contributed by atoms with Crippen molar-refractivity contribution in [2.45, 2.75) is 32.4 Å². The molecule has 30 heavy (non-hydrogen) atoms. The molecule has 2 saturated heterocycles. The number of aryl methyl sites for hydroxylation is 2. The van der Waals surface area contributed by atoms with Gasteiger partial charge in [0.2, 0.25) is 0 Å². The van der Waals surface area contributed by atoms with Crippen molar-refractivity contribution >= 4 is 17.7 Å². The monoisotopic (exact) mass is 430 g/mol. The predicted octanol–water partition coefficient (Wildman–Crippen LogP) is 3.41. The number of rotatable bonds is 7. The lowest BCUT2D eigenvalue weighted by Gasteiger charge is -2.42. The van der Waals surface area contributed by atoms with Gasteiger partial charge in [0.1, 0.15) is 18.1 Å². The lowest BCUT2D eigenvalue weighted by atomic mass is 9.95. The van der Waals surface area contributed by atoms with E-state index in [-0.39, 0.29) is 11.4 Å². The van der Waals surface area contributed by atoms with Crippen LogP contribution < -0.4 is 10.1 Å². The summed E-state index contributed by atoms with van der Waals surface area (Å²) < 4.78 is 17.1. The van der Waals surface area contributed by atoms with Gasteiger partial charge in [-0.25, -0.2) is 0 Å². The molecule has 2 aliphatic rings. The minimum Gasteiger partial charge on any atom is -0.485 e. The maximum atomic E-state index is 12.7. The highest BCUT2D eigenvalue weighted by Gasteiger charge is 2.41. The highest BCUT2D eigenvalue weighted by atomic mass is 32.2. The molecule has 1 aromatic heterocycles. The molecule has 2 fully saturated rings. The second-order valence-electron chi connectivity index (χ2n) is 8.13. The Labute approximate surface area is 182 Å². The molecule has 0 spiro atoms. The number of nitrogens with zero attached hydrogens (tertiary/aromatic N) is 1. The molecule has 3 heterocycles. The van der Waals surface area contributed by atoms with Crippen molar-refractivity contribution in [3.63, 3.8) is 0 Å². The molecular formula is C23H30N2O4S. The fourth-order valence-electron chi connectivity index (χ4n) is 4.15. The van der Waals surface area contributed by atoms with E-state index in [2.05, 4.69) is 23.2 Å². The first-order chi connectivity index (χ1) is 14.6. The van der Waals surface area contributed by atoms with Gasteiger partial charge in [0, 0.05) is 30.9 Å². The van der Waals surface area contributed by atoms with Crippen LogP contribution >= 0.6 is 11.8 Å². The van der Waals surface area contributed by atoms with Gasteiger partial charge in [-0.05, 0) is 49.8 Å². The van der Waals surface area contributed by atoms with Crippen LogP contribution in [-0.2, 0) is 11.3 Å². The summed E-state index contributed by atoms with van der Waals surface area (Å²) in [5.41, 5.74) is 2.31. The maximum Gasteiger partial charge on any atom is 0.287 e. The topological polar surface area (TPSA) is 63.9 Å². The van der Waals surface area contributed by atoms with Crippen LogP contribution in [0.15, 0.2) is 34.7 Å². The molecule has 0 radical (unpaired) electrons. The molecule has 1 unspecified atom stereocenters. The molecule has 162 valence electrons. The smallest absolute Gasteiger partial charge is 0.287 e. The van der Waals surface area contributed by atoms with Gasteiger partial charge in [-0.3, -0.25) is 9.69 Å². The van der Waals surface area contributed by atoms with E-state index < -0.39 is 0 Å². The van der Waals surface area contributed by atoms with Crippen molar-refractivity contribution < 1.29 is 18.7 Å². The highest BCUT2D eigenvalue weighted by Crippen LogP contribution is 2.33. The number of thioether (sulfide) groups is 1. The van der Waals surface area contributed by atoms with Crippen LogP contribution in [-0.4, -0.2) is 60.7 Å². The zero-order valence-electron chi connectivity index (χ0n) is 17.7. The number of ether oxygens (including phenoxy) is 2. The maximum absolute atomic E-state index is 12.7. The van der Waals surface area contributed by atoms with E-state index in [1.165, 1.54) is 5.56 Å². The van der Waals surface area contributed by atoms with Crippen LogP contribution in [0.5, 0.6) is 5.75 Å². The number of nitrogens with one attached hydrogen (secondary N) is 1. The Balaban J connectivity index is 1.33. The second-order valence-corrected chi connectivity index (χ2v) is 9.24. The van der Waals surface area contributed by atoms with Crippen molar-refractivity contribution in [3.8, 4) is 5.75 Å². The Bertz CT molecular complexity index is 870. The number of benzene rings is 1. The zero-order valence-corrected chi connectivity index (χ0v) is 18.6. The third-order valence-corrected chi connectivity index (χ3v) is 7.16. The molecule has 2 aliphatic heterocycles. The molecule has 1 amide bonds. The van der Waals surface area contributed by atoms with Gasteiger partial charge in [-0.1, -0.05) is 17.7 Å². The molecule has 7 heteroatoms. The minimum absolute atomic E-state index is 0.0195. The third-order valence-electron chi connectivity index (χ3n) is 5.93. The standard InChI is InChI=1S/C23H30N2O4S/c1-17-3-5-20(18(2)13-17)28-14-19-4-6-21(29-19)22(26)24-15-23(7-12-30-16-23)25-8-10-27-11-9-25/h3-6,13H,7-12,14-16H2,1-2H3,(H,24,26). The third kappa shape index (κ3) is 4.85. The van der Waals surface area contributed by atoms with Crippen LogP contribution in [0.4, 0.5) is 0 Å². The van der Waals surface area contributed by atoms with Crippen molar-refractivity contribution in [1.82, 2.24) is 10.2 Å². The number of carbonyl (C=O) groups excluding carboxylic acids is 1. The predicted molar refractivity (Wildman–Crippen MR) is 118 cm³/mol. The largest absolute Gasteiger partial charge is 0.485 e. The second kappa shape index (κ2) is 9.45. The van der Waals surface area contributed by atoms with Gasteiger partial charge in [-0.2, -0.15) is 11.8 Å². The first kappa shape index (κ1) is 21.3. The molecule has 1 N–H and O–H groups in total. The lowest BCUT2D eigenvalue weighted by molar-refractivity contribution is -0.0129. The first-order valence-corrected chi connectivity index (χ1v) is 11.7. The van der Waals surface area contributed by atoms with E-state index in [1.54, 1.807) is 6.07 Å². The molecule has 6 nitrogen and oxygen atoms in total. The number of amides is 1. The average molecular weight is 431 g/mol. The van der Waals surface area contributed by atoms with Gasteiger partial charge in [-0.15, -0.1) is 0 Å². The van der Waals surface area contributed by atoms with Gasteiger partial charge in [0.05, 0.1) is 13.2 Å². The fourth-order valence-corrected chi connectivity index (χ4v) is 5.63. The molecule has 0 bridgehead atoms. The summed E-state index contributed by atoms with van der Waals surface area (Å²) in [7, 11) is 0. The summed E-state index contributed by atoms with van der Waals surface area (Å²) >= 11 is 1.96. The summed E-state index contributed by atoms with van der Waals surface area (Å²) in [4.78, 5) is 15.2. The van der Waals surface area contributed by atoms with Crippen molar-refractivity contribution in [3.05, 3.63) is 53.0 Å². The van der Waals surface area contributed by atoms with E-state index in [0.717, 1.165) is 55.5 Å². The Hall–Kier alpha value is -1.96. The van der Waals surface area contributed by atoms with Crippen LogP contribution in [0.25, 0.3) is 0 Å². The molecule has 0 aliphatic carbocycles. The Morgan fingerprint density at radius 3 is 2.80 bits per heavy atom. The van der Waals surface area contributed by atoms with Crippen LogP contribution in [0.3, 0.4) is 0 Å². The van der Waals surface area contributed by atoms with Gasteiger partial charge < -0.3 is 19.2 Å². The summed E-state index contributed by atoms with van der Waals surface area (Å²) in [6.07, 6.45) is 1.09. The zero-order chi connectivity index (χ0) is 21.0. The summed E-state index contributed by atoms with van der Waals surface area (Å²) in [5, 5.41) is 3.11. The van der Waals surface area contributed by atoms with Crippen LogP contribution in [0, 0.1) is 13.8 Å². The van der Waals surface area contributed by atoms with E-state index in [0.29, 0.717) is 24.7 Å². The Morgan fingerprint density at radius 1 is 1.23 bits per heavy atom. The summed E-state index contributed by atoms with van der Waals surface area (Å²) in [5.74, 6) is 3.80. The number of hydrogen-bond acceptors (Lipinski definition) is 6. The van der Waals surface area contributed by atoms with Crippen LogP contribution in [0.2, 0.25) is 0 Å². The normalized spacial score (nSPS) is 22.2. The minimum atomic E-state index is -0.169. The first-order valence-electron chi connectivity index (χ1n) is 10.5. The van der Waals surface area contributed by atoms with Gasteiger partial charge in [0.15, 0.2) is 5.76 Å². The quantitative estimate of drug-likeness (QED) is 0.726. The lowest BCUT2D eigenvalue weighted by Crippen LogP contribution is -2.59. The van der Waals surface area contributed by atoms with Gasteiger partial charge >= 0.3 is 0 Å². The van der Waals surface area contributed by atoms with E-state index >= 15 is 0 Å². The number of furan rings is 1. The molecule has 2 aromatic rings. The molecule has 1 atom stereocenters. The molecular weight excluding hydrogens is 400 g/mol. The fraction of sp³-hybridized carbons (Fsp3) is 0.522. The number of morpholine rings is 1. The van der Waals surface area contributed by atoms with Crippen molar-refractivity contribution in [2.24, 2.45) is 0 Å². The number of carbonyl (C=O) groups is 1. The van der Waals surface area contributed by atoms with Crippen molar-refractivity contribution in [2.75, 3.05) is 44.4 Å². The van der Waals surface area contributed by atoms with E-state index in [1.807, 2.05) is 36.9 Å². The van der Waals surface area contributed by atoms with E-state index in [9.17, 15) is 4.79 Å². The number of hydrogen-bond donors (Lipinski definition) is 1. The van der Waals surface area contributed by atoms with Gasteiger partial charge in [0.25, 0.3) is 5.91 Å². The average Bonchev–Trinajstić information content (AvgIpc) is 3.43. The summed E-state index contributed by atoms with van der Waals surface area (Å²) in [6.45, 7) is 8.40. The Morgan fingerprint density at radius 2 is 2.07 bits per heavy atom. The highest BCUT2D eigenvalue weighted by molar-refractivity contribution is 7.99.